The fourth-order valence-electron chi connectivity index (χ4n) is 4.05. The molecule has 1 aliphatic heterocycles. The van der Waals surface area contributed by atoms with Crippen molar-refractivity contribution >= 4 is 21.7 Å². The van der Waals surface area contributed by atoms with Crippen LogP contribution in [0.2, 0.25) is 0 Å². The molecule has 1 aliphatic rings. The summed E-state index contributed by atoms with van der Waals surface area (Å²) in [4.78, 5) is 14.9. The van der Waals surface area contributed by atoms with E-state index < -0.39 is 16.0 Å². The molecule has 0 unspecified atom stereocenters. The maximum absolute atomic E-state index is 13.6. The first-order chi connectivity index (χ1) is 14.1. The van der Waals surface area contributed by atoms with Crippen molar-refractivity contribution in [1.29, 1.82) is 0 Å². The summed E-state index contributed by atoms with van der Waals surface area (Å²) in [5.41, 5.74) is 4.87. The van der Waals surface area contributed by atoms with Gasteiger partial charge in [0.2, 0.25) is 10.0 Å². The van der Waals surface area contributed by atoms with E-state index in [9.17, 15) is 13.2 Å². The van der Waals surface area contributed by atoms with Crippen molar-refractivity contribution < 1.29 is 17.9 Å². The number of carbonyl (C=O) groups excluding carboxylic acids is 1. The van der Waals surface area contributed by atoms with Gasteiger partial charge in [-0.1, -0.05) is 12.1 Å². The molecule has 0 saturated carbocycles. The first kappa shape index (κ1) is 22.4. The highest BCUT2D eigenvalue weighted by Crippen LogP contribution is 2.31. The predicted octanol–water partition coefficient (Wildman–Crippen LogP) is 2.95. The van der Waals surface area contributed by atoms with E-state index in [1.807, 2.05) is 6.07 Å². The molecule has 2 heterocycles. The predicted molar refractivity (Wildman–Crippen MR) is 118 cm³/mol. The number of nitrogens with zero attached hydrogens (tertiary/aromatic N) is 3. The van der Waals surface area contributed by atoms with Crippen molar-refractivity contribution in [2.45, 2.75) is 39.5 Å². The van der Waals surface area contributed by atoms with Crippen LogP contribution in [0, 0.1) is 27.7 Å². The molecule has 0 N–H and O–H groups in total. The second-order valence-corrected chi connectivity index (χ2v) is 9.64. The molecule has 30 heavy (non-hydrogen) atoms. The Hall–Kier alpha value is -2.32. The van der Waals surface area contributed by atoms with Crippen LogP contribution in [0.15, 0.2) is 23.1 Å². The topological polar surface area (TPSA) is 71.8 Å². The normalized spacial score (nSPS) is 15.5. The summed E-state index contributed by atoms with van der Waals surface area (Å²) in [7, 11) is -2.06. The van der Waals surface area contributed by atoms with Crippen molar-refractivity contribution in [3.8, 4) is 0 Å². The number of benzene rings is 1. The van der Waals surface area contributed by atoms with Crippen LogP contribution in [0.5, 0.6) is 0 Å². The van der Waals surface area contributed by atoms with Gasteiger partial charge in [-0.25, -0.2) is 13.2 Å². The molecule has 1 saturated heterocycles. The molecule has 0 amide bonds. The fourth-order valence-corrected chi connectivity index (χ4v) is 5.95. The monoisotopic (exact) mass is 433 g/mol. The van der Waals surface area contributed by atoms with E-state index in [2.05, 4.69) is 30.9 Å². The summed E-state index contributed by atoms with van der Waals surface area (Å²) in [5, 5.41) is 0. The van der Waals surface area contributed by atoms with Gasteiger partial charge in [0.25, 0.3) is 0 Å². The second kappa shape index (κ2) is 8.43. The van der Waals surface area contributed by atoms with Gasteiger partial charge in [-0.3, -0.25) is 0 Å². The third-order valence-electron chi connectivity index (χ3n) is 6.16. The highest BCUT2D eigenvalue weighted by Gasteiger charge is 2.37. The van der Waals surface area contributed by atoms with Crippen LogP contribution in [0.1, 0.15) is 39.8 Å². The van der Waals surface area contributed by atoms with Gasteiger partial charge in [0.15, 0.2) is 0 Å². The molecule has 0 atom stereocenters. The molecule has 3 rings (SSSR count). The van der Waals surface area contributed by atoms with Gasteiger partial charge >= 0.3 is 5.97 Å². The Bertz CT molecular complexity index is 1060. The number of aromatic nitrogens is 1. The molecule has 164 valence electrons. The summed E-state index contributed by atoms with van der Waals surface area (Å²) in [6, 6.07) is 6.19. The zero-order chi connectivity index (χ0) is 22.2. The standard InChI is InChI=1S/C22H31N3O4S/c1-7-29-22(26)20-17(4)23(6)18(5)21(20)30(27,28)25-13-11-24(12-14-25)19-10-8-9-15(2)16(19)3/h8-10H,7,11-14H2,1-6H3. The Morgan fingerprint density at radius 3 is 2.27 bits per heavy atom. The minimum Gasteiger partial charge on any atom is -0.462 e. The van der Waals surface area contributed by atoms with E-state index in [0.717, 1.165) is 5.69 Å². The fraction of sp³-hybridized carbons (Fsp3) is 0.500. The minimum atomic E-state index is -3.83. The number of carbonyl (C=O) groups is 1. The molecule has 8 heteroatoms. The number of hydrogen-bond donors (Lipinski definition) is 0. The van der Waals surface area contributed by atoms with E-state index in [-0.39, 0.29) is 17.1 Å². The number of rotatable bonds is 5. The average molecular weight is 434 g/mol. The quantitative estimate of drug-likeness (QED) is 0.678. The zero-order valence-electron chi connectivity index (χ0n) is 18.7. The van der Waals surface area contributed by atoms with Gasteiger partial charge in [0.05, 0.1) is 6.61 Å². The second-order valence-electron chi connectivity index (χ2n) is 7.76. The Morgan fingerprint density at radius 2 is 1.67 bits per heavy atom. The summed E-state index contributed by atoms with van der Waals surface area (Å²) < 4.78 is 35.5. The average Bonchev–Trinajstić information content (AvgIpc) is 2.95. The van der Waals surface area contributed by atoms with E-state index in [0.29, 0.717) is 37.6 Å². The Morgan fingerprint density at radius 1 is 1.03 bits per heavy atom. The third-order valence-corrected chi connectivity index (χ3v) is 8.22. The van der Waals surface area contributed by atoms with Crippen LogP contribution in [0.25, 0.3) is 0 Å². The summed E-state index contributed by atoms with van der Waals surface area (Å²) in [6.45, 7) is 11.5. The lowest BCUT2D eigenvalue weighted by Crippen LogP contribution is -2.49. The smallest absolute Gasteiger partial charge is 0.341 e. The van der Waals surface area contributed by atoms with Gasteiger partial charge < -0.3 is 14.2 Å². The Balaban J connectivity index is 1.90. The molecule has 0 spiro atoms. The third kappa shape index (κ3) is 3.74. The van der Waals surface area contributed by atoms with Gasteiger partial charge in [0.1, 0.15) is 10.5 Å². The minimum absolute atomic E-state index is 0.0705. The van der Waals surface area contributed by atoms with Crippen molar-refractivity contribution in [3.05, 3.63) is 46.3 Å². The lowest BCUT2D eigenvalue weighted by Gasteiger charge is -2.36. The maximum Gasteiger partial charge on any atom is 0.341 e. The summed E-state index contributed by atoms with van der Waals surface area (Å²) in [6.07, 6.45) is 0. The largest absolute Gasteiger partial charge is 0.462 e. The van der Waals surface area contributed by atoms with Crippen molar-refractivity contribution in [2.24, 2.45) is 7.05 Å². The number of sulfonamides is 1. The molecule has 1 fully saturated rings. The molecule has 1 aromatic heterocycles. The van der Waals surface area contributed by atoms with E-state index in [1.165, 1.54) is 15.4 Å². The van der Waals surface area contributed by atoms with Crippen LogP contribution in [0.3, 0.4) is 0 Å². The van der Waals surface area contributed by atoms with E-state index in [4.69, 9.17) is 4.74 Å². The number of piperazine rings is 1. The SMILES string of the molecule is CCOC(=O)c1c(S(=O)(=O)N2CCN(c3cccc(C)c3C)CC2)c(C)n(C)c1C. The molecule has 0 bridgehead atoms. The van der Waals surface area contributed by atoms with Gasteiger partial charge in [0, 0.05) is 50.3 Å². The molecular weight excluding hydrogens is 402 g/mol. The molecular formula is C22H31N3O4S. The van der Waals surface area contributed by atoms with Crippen LogP contribution in [-0.2, 0) is 21.8 Å². The van der Waals surface area contributed by atoms with E-state index in [1.54, 1.807) is 32.4 Å². The first-order valence-electron chi connectivity index (χ1n) is 10.3. The van der Waals surface area contributed by atoms with Crippen molar-refractivity contribution in [1.82, 2.24) is 8.87 Å². The maximum atomic E-state index is 13.6. The number of hydrogen-bond acceptors (Lipinski definition) is 5. The molecule has 0 radical (unpaired) electrons. The highest BCUT2D eigenvalue weighted by atomic mass is 32.2. The first-order valence-corrected chi connectivity index (χ1v) is 11.7. The van der Waals surface area contributed by atoms with Gasteiger partial charge in [-0.2, -0.15) is 4.31 Å². The van der Waals surface area contributed by atoms with Crippen LogP contribution in [0.4, 0.5) is 5.69 Å². The van der Waals surface area contributed by atoms with Gasteiger partial charge in [-0.15, -0.1) is 0 Å². The number of aryl methyl sites for hydroxylation is 1. The summed E-state index contributed by atoms with van der Waals surface area (Å²) in [5.74, 6) is -0.591. The van der Waals surface area contributed by atoms with Gasteiger partial charge in [-0.05, 0) is 51.8 Å². The lowest BCUT2D eigenvalue weighted by atomic mass is 10.1. The zero-order valence-corrected chi connectivity index (χ0v) is 19.5. The Kier molecular flexibility index (Phi) is 6.29. The number of anilines is 1. The van der Waals surface area contributed by atoms with Crippen LogP contribution >= 0.6 is 0 Å². The van der Waals surface area contributed by atoms with Crippen molar-refractivity contribution in [3.63, 3.8) is 0 Å². The van der Waals surface area contributed by atoms with Crippen LogP contribution in [-0.4, -0.2) is 56.0 Å². The Labute approximate surface area is 179 Å². The highest BCUT2D eigenvalue weighted by molar-refractivity contribution is 7.89. The lowest BCUT2D eigenvalue weighted by molar-refractivity contribution is 0.0521. The number of esters is 1. The molecule has 2 aromatic rings. The van der Waals surface area contributed by atoms with E-state index >= 15 is 0 Å². The van der Waals surface area contributed by atoms with Crippen LogP contribution < -0.4 is 4.90 Å². The molecule has 7 nitrogen and oxygen atoms in total. The summed E-state index contributed by atoms with van der Waals surface area (Å²) >= 11 is 0. The molecule has 1 aromatic carbocycles. The van der Waals surface area contributed by atoms with Crippen molar-refractivity contribution in [2.75, 3.05) is 37.7 Å². The molecule has 0 aliphatic carbocycles. The number of ether oxygens (including phenoxy) is 1.